The van der Waals surface area contributed by atoms with Gasteiger partial charge >= 0.3 is 0 Å². The first-order valence-electron chi connectivity index (χ1n) is 6.50. The molecule has 1 aliphatic rings. The molecule has 1 rings (SSSR count). The summed E-state index contributed by atoms with van der Waals surface area (Å²) in [5, 5.41) is 0. The van der Waals surface area contributed by atoms with Crippen molar-refractivity contribution in [3.63, 3.8) is 0 Å². The molecule has 1 aliphatic heterocycles. The molecule has 0 spiro atoms. The molecule has 0 bridgehead atoms. The average Bonchev–Trinajstić information content (AvgIpc) is 2.50. The summed E-state index contributed by atoms with van der Waals surface area (Å²) >= 11 is 0. The Morgan fingerprint density at radius 1 is 1.27 bits per heavy atom. The van der Waals surface area contributed by atoms with Crippen LogP contribution < -0.4 is 5.73 Å². The zero-order chi connectivity index (χ0) is 11.4. The van der Waals surface area contributed by atoms with Gasteiger partial charge in [-0.05, 0) is 37.6 Å². The molecule has 2 N–H and O–H groups in total. The maximum atomic E-state index is 6.18. The summed E-state index contributed by atoms with van der Waals surface area (Å²) in [6.45, 7) is 11.5. The highest BCUT2D eigenvalue weighted by atomic mass is 15.2. The van der Waals surface area contributed by atoms with E-state index in [1.165, 1.54) is 19.4 Å². The van der Waals surface area contributed by atoms with Gasteiger partial charge in [-0.1, -0.05) is 27.7 Å². The quantitative estimate of drug-likeness (QED) is 0.758. The lowest BCUT2D eigenvalue weighted by atomic mass is 10.00. The topological polar surface area (TPSA) is 29.3 Å². The van der Waals surface area contributed by atoms with Crippen LogP contribution in [0.5, 0.6) is 0 Å². The van der Waals surface area contributed by atoms with Gasteiger partial charge in [-0.2, -0.15) is 0 Å². The molecule has 90 valence electrons. The average molecular weight is 212 g/mol. The molecule has 0 saturated carbocycles. The van der Waals surface area contributed by atoms with Crippen LogP contribution in [0, 0.1) is 11.8 Å². The van der Waals surface area contributed by atoms with Gasteiger partial charge < -0.3 is 5.73 Å². The molecular weight excluding hydrogens is 184 g/mol. The second-order valence-corrected chi connectivity index (χ2v) is 5.84. The highest BCUT2D eigenvalue weighted by molar-refractivity contribution is 4.84. The van der Waals surface area contributed by atoms with Crippen LogP contribution in [0.2, 0.25) is 0 Å². The van der Waals surface area contributed by atoms with Gasteiger partial charge in [0.05, 0.1) is 0 Å². The van der Waals surface area contributed by atoms with Crippen molar-refractivity contribution in [3.05, 3.63) is 0 Å². The molecule has 2 nitrogen and oxygen atoms in total. The number of rotatable bonds is 5. The SMILES string of the molecule is CC(C)CC(N)CN1CCCC1C(C)C. The Kier molecular flexibility index (Phi) is 5.07. The highest BCUT2D eigenvalue weighted by Gasteiger charge is 2.27. The first kappa shape index (κ1) is 13.0. The molecule has 0 aromatic rings. The molecule has 0 radical (unpaired) electrons. The fourth-order valence-electron chi connectivity index (χ4n) is 2.81. The Balaban J connectivity index is 2.36. The Morgan fingerprint density at radius 3 is 2.47 bits per heavy atom. The Bertz CT molecular complexity index is 177. The van der Waals surface area contributed by atoms with Gasteiger partial charge in [0.1, 0.15) is 0 Å². The first-order valence-corrected chi connectivity index (χ1v) is 6.50. The summed E-state index contributed by atoms with van der Waals surface area (Å²) in [5.41, 5.74) is 6.18. The van der Waals surface area contributed by atoms with Crippen LogP contribution in [0.25, 0.3) is 0 Å². The van der Waals surface area contributed by atoms with Crippen molar-refractivity contribution in [2.75, 3.05) is 13.1 Å². The van der Waals surface area contributed by atoms with E-state index in [1.807, 2.05) is 0 Å². The van der Waals surface area contributed by atoms with E-state index in [-0.39, 0.29) is 0 Å². The summed E-state index contributed by atoms with van der Waals surface area (Å²) in [5.74, 6) is 1.50. The molecule has 0 amide bonds. The van der Waals surface area contributed by atoms with Crippen molar-refractivity contribution in [2.45, 2.75) is 59.0 Å². The van der Waals surface area contributed by atoms with Gasteiger partial charge in [0.25, 0.3) is 0 Å². The third-order valence-electron chi connectivity index (χ3n) is 3.43. The summed E-state index contributed by atoms with van der Waals surface area (Å²) < 4.78 is 0. The van der Waals surface area contributed by atoms with Gasteiger partial charge in [0, 0.05) is 18.6 Å². The summed E-state index contributed by atoms with van der Waals surface area (Å²) in [4.78, 5) is 2.61. The highest BCUT2D eigenvalue weighted by Crippen LogP contribution is 2.24. The maximum Gasteiger partial charge on any atom is 0.0170 e. The molecule has 0 aromatic heterocycles. The van der Waals surface area contributed by atoms with Crippen LogP contribution in [0.15, 0.2) is 0 Å². The predicted molar refractivity (Wildman–Crippen MR) is 66.9 cm³/mol. The molecule has 1 saturated heterocycles. The standard InChI is InChI=1S/C13H28N2/c1-10(2)8-12(14)9-15-7-5-6-13(15)11(3)4/h10-13H,5-9,14H2,1-4H3. The van der Waals surface area contributed by atoms with Crippen LogP contribution in [0.3, 0.4) is 0 Å². The van der Waals surface area contributed by atoms with Gasteiger partial charge in [0.15, 0.2) is 0 Å². The minimum Gasteiger partial charge on any atom is -0.327 e. The molecule has 15 heavy (non-hydrogen) atoms. The molecule has 0 aliphatic carbocycles. The second-order valence-electron chi connectivity index (χ2n) is 5.84. The normalized spacial score (nSPS) is 25.4. The van der Waals surface area contributed by atoms with E-state index in [0.717, 1.165) is 30.8 Å². The van der Waals surface area contributed by atoms with Crippen LogP contribution in [0.4, 0.5) is 0 Å². The van der Waals surface area contributed by atoms with Gasteiger partial charge in [-0.3, -0.25) is 4.90 Å². The van der Waals surface area contributed by atoms with Crippen molar-refractivity contribution < 1.29 is 0 Å². The van der Waals surface area contributed by atoms with Crippen molar-refractivity contribution in [1.82, 2.24) is 4.90 Å². The number of nitrogens with two attached hydrogens (primary N) is 1. The van der Waals surface area contributed by atoms with Crippen LogP contribution >= 0.6 is 0 Å². The molecule has 2 unspecified atom stereocenters. The van der Waals surface area contributed by atoms with E-state index in [0.29, 0.717) is 6.04 Å². The van der Waals surface area contributed by atoms with Crippen molar-refractivity contribution in [2.24, 2.45) is 17.6 Å². The molecule has 2 atom stereocenters. The molecule has 0 aromatic carbocycles. The smallest absolute Gasteiger partial charge is 0.0170 e. The van der Waals surface area contributed by atoms with E-state index >= 15 is 0 Å². The van der Waals surface area contributed by atoms with E-state index in [4.69, 9.17) is 5.73 Å². The van der Waals surface area contributed by atoms with Gasteiger partial charge in [-0.15, -0.1) is 0 Å². The molecule has 2 heteroatoms. The summed E-state index contributed by atoms with van der Waals surface area (Å²) in [6, 6.07) is 1.15. The van der Waals surface area contributed by atoms with Crippen LogP contribution in [0.1, 0.15) is 47.0 Å². The van der Waals surface area contributed by atoms with E-state index in [2.05, 4.69) is 32.6 Å². The van der Waals surface area contributed by atoms with E-state index in [1.54, 1.807) is 0 Å². The molecule has 1 heterocycles. The van der Waals surface area contributed by atoms with Gasteiger partial charge in [0.2, 0.25) is 0 Å². The first-order chi connectivity index (χ1) is 7.00. The largest absolute Gasteiger partial charge is 0.327 e. The second kappa shape index (κ2) is 5.86. The third kappa shape index (κ3) is 4.12. The number of hydrogen-bond acceptors (Lipinski definition) is 2. The molecular formula is C13H28N2. The number of nitrogens with zero attached hydrogens (tertiary/aromatic N) is 1. The summed E-state index contributed by atoms with van der Waals surface area (Å²) in [7, 11) is 0. The van der Waals surface area contributed by atoms with Gasteiger partial charge in [-0.25, -0.2) is 0 Å². The van der Waals surface area contributed by atoms with Crippen LogP contribution in [-0.2, 0) is 0 Å². The lowest BCUT2D eigenvalue weighted by Gasteiger charge is -2.30. The Morgan fingerprint density at radius 2 is 1.93 bits per heavy atom. The number of hydrogen-bond donors (Lipinski definition) is 1. The van der Waals surface area contributed by atoms with Crippen molar-refractivity contribution in [3.8, 4) is 0 Å². The fourth-order valence-corrected chi connectivity index (χ4v) is 2.81. The van der Waals surface area contributed by atoms with E-state index in [9.17, 15) is 0 Å². The Labute approximate surface area is 95.2 Å². The van der Waals surface area contributed by atoms with Crippen LogP contribution in [-0.4, -0.2) is 30.1 Å². The van der Waals surface area contributed by atoms with Crippen molar-refractivity contribution in [1.29, 1.82) is 0 Å². The molecule has 1 fully saturated rings. The fraction of sp³-hybridized carbons (Fsp3) is 1.00. The lowest BCUT2D eigenvalue weighted by molar-refractivity contribution is 0.189. The van der Waals surface area contributed by atoms with Crippen molar-refractivity contribution >= 4 is 0 Å². The number of likely N-dealkylation sites (tertiary alicyclic amines) is 1. The maximum absolute atomic E-state index is 6.18. The minimum atomic E-state index is 0.365. The zero-order valence-electron chi connectivity index (χ0n) is 10.9. The van der Waals surface area contributed by atoms with E-state index < -0.39 is 0 Å². The lowest BCUT2D eigenvalue weighted by Crippen LogP contribution is -2.42. The summed E-state index contributed by atoms with van der Waals surface area (Å²) in [6.07, 6.45) is 3.88. The Hall–Kier alpha value is -0.0800. The minimum absolute atomic E-state index is 0.365. The predicted octanol–water partition coefficient (Wildman–Crippen LogP) is 2.48. The third-order valence-corrected chi connectivity index (χ3v) is 3.43. The monoisotopic (exact) mass is 212 g/mol. The zero-order valence-corrected chi connectivity index (χ0v) is 10.9.